The molecular formula is C22H18N2O. The molecule has 1 N–H and O–H groups in total. The van der Waals surface area contributed by atoms with Crippen molar-refractivity contribution in [2.75, 3.05) is 0 Å². The summed E-state index contributed by atoms with van der Waals surface area (Å²) >= 11 is 0. The van der Waals surface area contributed by atoms with Crippen molar-refractivity contribution in [3.63, 3.8) is 0 Å². The van der Waals surface area contributed by atoms with Crippen molar-refractivity contribution in [2.45, 2.75) is 13.0 Å². The molecule has 1 atom stereocenters. The number of nitriles is 1. The van der Waals surface area contributed by atoms with Gasteiger partial charge in [-0.25, -0.2) is 0 Å². The van der Waals surface area contributed by atoms with E-state index in [0.717, 1.165) is 21.9 Å². The second kappa shape index (κ2) is 7.46. The minimum absolute atomic E-state index is 0.0964. The molecule has 0 unspecified atom stereocenters. The van der Waals surface area contributed by atoms with Gasteiger partial charge in [-0.1, -0.05) is 72.8 Å². The lowest BCUT2D eigenvalue weighted by Crippen LogP contribution is -2.27. The first-order valence-electron chi connectivity index (χ1n) is 8.14. The Bertz CT molecular complexity index is 963. The van der Waals surface area contributed by atoms with Gasteiger partial charge in [-0.2, -0.15) is 5.26 Å². The van der Waals surface area contributed by atoms with Gasteiger partial charge in [-0.05, 0) is 34.9 Å². The van der Waals surface area contributed by atoms with Gasteiger partial charge in [0.25, 0.3) is 5.91 Å². The molecule has 3 aromatic carbocycles. The van der Waals surface area contributed by atoms with Gasteiger partial charge in [-0.3, -0.25) is 4.79 Å². The minimum atomic E-state index is -0.369. The van der Waals surface area contributed by atoms with E-state index in [1.807, 2.05) is 85.8 Å². The molecule has 0 saturated heterocycles. The average molecular weight is 326 g/mol. The van der Waals surface area contributed by atoms with Crippen molar-refractivity contribution in [2.24, 2.45) is 0 Å². The molecule has 0 heterocycles. The zero-order valence-corrected chi connectivity index (χ0v) is 13.9. The fourth-order valence-electron chi connectivity index (χ4n) is 2.78. The Morgan fingerprint density at radius 3 is 2.44 bits per heavy atom. The van der Waals surface area contributed by atoms with E-state index in [2.05, 4.69) is 5.32 Å². The predicted molar refractivity (Wildman–Crippen MR) is 101 cm³/mol. The third kappa shape index (κ3) is 3.76. The summed E-state index contributed by atoms with van der Waals surface area (Å²) in [5.74, 6) is -0.369. The molecule has 1 amide bonds. The van der Waals surface area contributed by atoms with Crippen LogP contribution in [0.15, 0.2) is 78.4 Å². The molecule has 0 saturated carbocycles. The highest BCUT2D eigenvalue weighted by Gasteiger charge is 2.14. The summed E-state index contributed by atoms with van der Waals surface area (Å²) in [6.07, 6.45) is 1.65. The molecule has 0 fully saturated rings. The van der Waals surface area contributed by atoms with Crippen LogP contribution in [0.25, 0.3) is 16.8 Å². The molecule has 0 aliphatic heterocycles. The highest BCUT2D eigenvalue weighted by Crippen LogP contribution is 2.21. The summed E-state index contributed by atoms with van der Waals surface area (Å²) in [6.45, 7) is 1.90. The summed E-state index contributed by atoms with van der Waals surface area (Å²) < 4.78 is 0. The molecule has 122 valence electrons. The van der Waals surface area contributed by atoms with Crippen LogP contribution in [-0.4, -0.2) is 5.91 Å². The summed E-state index contributed by atoms with van der Waals surface area (Å²) in [6, 6.07) is 25.3. The number of carbonyl (C=O) groups is 1. The molecule has 3 nitrogen and oxygen atoms in total. The topological polar surface area (TPSA) is 52.9 Å². The van der Waals surface area contributed by atoms with Crippen molar-refractivity contribution >= 4 is 22.8 Å². The van der Waals surface area contributed by atoms with Crippen LogP contribution < -0.4 is 5.32 Å². The Morgan fingerprint density at radius 2 is 1.68 bits per heavy atom. The van der Waals surface area contributed by atoms with Crippen LogP contribution in [0.1, 0.15) is 24.1 Å². The summed E-state index contributed by atoms with van der Waals surface area (Å²) in [5.41, 5.74) is 1.95. The van der Waals surface area contributed by atoms with Crippen LogP contribution in [0.4, 0.5) is 0 Å². The first kappa shape index (κ1) is 16.5. The Kier molecular flexibility index (Phi) is 4.92. The Morgan fingerprint density at radius 1 is 1.00 bits per heavy atom. The van der Waals surface area contributed by atoms with Gasteiger partial charge in [0.2, 0.25) is 0 Å². The van der Waals surface area contributed by atoms with Crippen LogP contribution >= 0.6 is 0 Å². The monoisotopic (exact) mass is 326 g/mol. The van der Waals surface area contributed by atoms with E-state index in [9.17, 15) is 10.1 Å². The SMILES string of the molecule is C[C@H](NC(=O)/C(C#N)=C/c1cccc2ccccc12)c1ccccc1. The van der Waals surface area contributed by atoms with Crippen molar-refractivity contribution in [1.29, 1.82) is 5.26 Å². The third-order valence-electron chi connectivity index (χ3n) is 4.14. The number of hydrogen-bond acceptors (Lipinski definition) is 2. The number of carbonyl (C=O) groups excluding carboxylic acids is 1. The smallest absolute Gasteiger partial charge is 0.262 e. The minimum Gasteiger partial charge on any atom is -0.345 e. The van der Waals surface area contributed by atoms with Gasteiger partial charge >= 0.3 is 0 Å². The highest BCUT2D eigenvalue weighted by atomic mass is 16.1. The lowest BCUT2D eigenvalue weighted by molar-refractivity contribution is -0.117. The molecule has 3 aromatic rings. The molecule has 0 bridgehead atoms. The fraction of sp³-hybridized carbons (Fsp3) is 0.0909. The quantitative estimate of drug-likeness (QED) is 0.561. The second-order valence-electron chi connectivity index (χ2n) is 5.84. The van der Waals surface area contributed by atoms with Crippen LogP contribution in [0.5, 0.6) is 0 Å². The largest absolute Gasteiger partial charge is 0.345 e. The maximum atomic E-state index is 12.5. The molecule has 3 heteroatoms. The number of amides is 1. The van der Waals surface area contributed by atoms with E-state index < -0.39 is 0 Å². The van der Waals surface area contributed by atoms with Crippen LogP contribution in [0.2, 0.25) is 0 Å². The molecule has 0 aromatic heterocycles. The van der Waals surface area contributed by atoms with E-state index >= 15 is 0 Å². The van der Waals surface area contributed by atoms with Crippen LogP contribution in [-0.2, 0) is 4.79 Å². The number of hydrogen-bond donors (Lipinski definition) is 1. The summed E-state index contributed by atoms with van der Waals surface area (Å²) in [4.78, 5) is 12.5. The van der Waals surface area contributed by atoms with E-state index in [0.29, 0.717) is 0 Å². The van der Waals surface area contributed by atoms with E-state index in [4.69, 9.17) is 0 Å². The molecule has 0 radical (unpaired) electrons. The van der Waals surface area contributed by atoms with Crippen LogP contribution in [0.3, 0.4) is 0 Å². The highest BCUT2D eigenvalue weighted by molar-refractivity contribution is 6.04. The predicted octanol–water partition coefficient (Wildman–Crippen LogP) is 4.62. The van der Waals surface area contributed by atoms with Crippen LogP contribution in [0, 0.1) is 11.3 Å². The normalized spacial score (nSPS) is 12.4. The van der Waals surface area contributed by atoms with Gasteiger partial charge in [0.05, 0.1) is 6.04 Å². The molecule has 0 spiro atoms. The molecule has 0 aliphatic carbocycles. The molecule has 0 aliphatic rings. The number of nitrogens with zero attached hydrogens (tertiary/aromatic N) is 1. The second-order valence-corrected chi connectivity index (χ2v) is 5.84. The van der Waals surface area contributed by atoms with E-state index in [-0.39, 0.29) is 17.5 Å². The van der Waals surface area contributed by atoms with E-state index in [1.165, 1.54) is 0 Å². The molecular weight excluding hydrogens is 308 g/mol. The van der Waals surface area contributed by atoms with Crippen molar-refractivity contribution in [3.8, 4) is 6.07 Å². The van der Waals surface area contributed by atoms with Gasteiger partial charge in [-0.15, -0.1) is 0 Å². The van der Waals surface area contributed by atoms with Crippen molar-refractivity contribution in [1.82, 2.24) is 5.32 Å². The number of fused-ring (bicyclic) bond motifs is 1. The average Bonchev–Trinajstić information content (AvgIpc) is 2.66. The number of rotatable bonds is 4. The standard InChI is InChI=1S/C22H18N2O/c1-16(17-8-3-2-4-9-17)24-22(25)20(15-23)14-19-12-7-11-18-10-5-6-13-21(18)19/h2-14,16H,1H3,(H,24,25)/b20-14+/t16-/m0/s1. The lowest BCUT2D eigenvalue weighted by Gasteiger charge is -2.14. The summed E-state index contributed by atoms with van der Waals surface area (Å²) in [5, 5.41) is 14.4. The lowest BCUT2D eigenvalue weighted by atomic mass is 10.0. The van der Waals surface area contributed by atoms with Gasteiger partial charge in [0.15, 0.2) is 0 Å². The molecule has 25 heavy (non-hydrogen) atoms. The van der Waals surface area contributed by atoms with Gasteiger partial charge in [0, 0.05) is 0 Å². The van der Waals surface area contributed by atoms with Gasteiger partial charge in [0.1, 0.15) is 11.6 Å². The zero-order valence-electron chi connectivity index (χ0n) is 13.9. The Balaban J connectivity index is 1.87. The third-order valence-corrected chi connectivity index (χ3v) is 4.14. The Labute approximate surface area is 147 Å². The molecule has 3 rings (SSSR count). The maximum absolute atomic E-state index is 12.5. The van der Waals surface area contributed by atoms with Crippen molar-refractivity contribution in [3.05, 3.63) is 89.5 Å². The maximum Gasteiger partial charge on any atom is 0.262 e. The first-order valence-corrected chi connectivity index (χ1v) is 8.14. The van der Waals surface area contributed by atoms with E-state index in [1.54, 1.807) is 6.08 Å². The van der Waals surface area contributed by atoms with Gasteiger partial charge < -0.3 is 5.32 Å². The number of nitrogens with one attached hydrogen (secondary N) is 1. The zero-order chi connectivity index (χ0) is 17.6. The first-order chi connectivity index (χ1) is 12.2. The number of benzene rings is 3. The summed E-state index contributed by atoms with van der Waals surface area (Å²) in [7, 11) is 0. The van der Waals surface area contributed by atoms with Crippen molar-refractivity contribution < 1.29 is 4.79 Å². The Hall–Kier alpha value is -3.38. The fourth-order valence-corrected chi connectivity index (χ4v) is 2.78.